The molecule has 0 bridgehead atoms. The lowest BCUT2D eigenvalue weighted by molar-refractivity contribution is 0.0698. The van der Waals surface area contributed by atoms with Gasteiger partial charge in [0.25, 0.3) is 0 Å². The van der Waals surface area contributed by atoms with Crippen LogP contribution in [0.25, 0.3) is 0 Å². The number of fused-ring (bicyclic) bond motifs is 1. The van der Waals surface area contributed by atoms with Gasteiger partial charge in [-0.15, -0.1) is 0 Å². The zero-order chi connectivity index (χ0) is 13.2. The van der Waals surface area contributed by atoms with Crippen molar-refractivity contribution in [1.82, 2.24) is 4.98 Å². The van der Waals surface area contributed by atoms with Crippen LogP contribution in [0.5, 0.6) is 0 Å². The molecule has 2 N–H and O–H groups in total. The molecule has 1 aliphatic rings. The number of aromatic carboxylic acids is 1. The average molecular weight is 256 g/mol. The van der Waals surface area contributed by atoms with E-state index in [-0.39, 0.29) is 5.56 Å². The first kappa shape index (κ1) is 11.7. The maximum atomic E-state index is 11.1. The highest BCUT2D eigenvalue weighted by Gasteiger charge is 2.13. The zero-order valence-corrected chi connectivity index (χ0v) is 10.1. The number of carboxylic acids is 1. The largest absolute Gasteiger partial charge is 0.478 e. The molecule has 0 radical (unpaired) electrons. The Morgan fingerprint density at radius 2 is 2.11 bits per heavy atom. The predicted octanol–water partition coefficient (Wildman–Crippen LogP) is 2.55. The van der Waals surface area contributed by atoms with Crippen LogP contribution in [0, 0.1) is 0 Å². The Hall–Kier alpha value is -2.40. The third-order valence-electron chi connectivity index (χ3n) is 3.05. The monoisotopic (exact) mass is 256 g/mol. The number of pyridine rings is 1. The number of hydrogen-bond acceptors (Lipinski definition) is 4. The van der Waals surface area contributed by atoms with Gasteiger partial charge in [-0.05, 0) is 29.3 Å². The van der Waals surface area contributed by atoms with E-state index in [0.717, 1.165) is 11.3 Å². The Bertz CT molecular complexity index is 640. The quantitative estimate of drug-likeness (QED) is 0.883. The van der Waals surface area contributed by atoms with Crippen molar-refractivity contribution in [3.63, 3.8) is 0 Å². The summed E-state index contributed by atoms with van der Waals surface area (Å²) in [6.07, 6.45) is 2.97. The summed E-state index contributed by atoms with van der Waals surface area (Å²) >= 11 is 0. The van der Waals surface area contributed by atoms with Gasteiger partial charge < -0.3 is 15.2 Å². The number of carboxylic acid groups (broad SMARTS) is 1. The normalized spacial score (nSPS) is 13.1. The maximum Gasteiger partial charge on any atom is 0.337 e. The first-order valence-corrected chi connectivity index (χ1v) is 5.88. The number of hydrogen-bond donors (Lipinski definition) is 2. The van der Waals surface area contributed by atoms with Crippen molar-refractivity contribution in [2.24, 2.45) is 0 Å². The van der Waals surface area contributed by atoms with Gasteiger partial charge in [0.2, 0.25) is 0 Å². The van der Waals surface area contributed by atoms with E-state index in [2.05, 4.69) is 10.3 Å². The standard InChI is InChI=1S/C14H12N2O3/c17-14(18)12-3-4-15-6-13(12)16-11-2-1-9-7-19-8-10(9)5-11/h1-6,16H,7-8H2,(H,17,18). The van der Waals surface area contributed by atoms with E-state index < -0.39 is 5.97 Å². The molecule has 5 heteroatoms. The number of nitrogens with zero attached hydrogens (tertiary/aromatic N) is 1. The first-order chi connectivity index (χ1) is 9.24. The van der Waals surface area contributed by atoms with Crippen molar-refractivity contribution in [3.05, 3.63) is 53.3 Å². The number of benzene rings is 1. The zero-order valence-electron chi connectivity index (χ0n) is 10.1. The smallest absolute Gasteiger partial charge is 0.337 e. The number of aromatic nitrogens is 1. The maximum absolute atomic E-state index is 11.1. The lowest BCUT2D eigenvalue weighted by Crippen LogP contribution is -2.03. The molecule has 2 aromatic rings. The van der Waals surface area contributed by atoms with Crippen molar-refractivity contribution < 1.29 is 14.6 Å². The SMILES string of the molecule is O=C(O)c1ccncc1Nc1ccc2c(c1)COC2. The van der Waals surface area contributed by atoms with E-state index in [0.29, 0.717) is 18.9 Å². The minimum atomic E-state index is -0.977. The minimum Gasteiger partial charge on any atom is -0.478 e. The van der Waals surface area contributed by atoms with Crippen LogP contribution in [0.15, 0.2) is 36.7 Å². The topological polar surface area (TPSA) is 71.5 Å². The van der Waals surface area contributed by atoms with E-state index >= 15 is 0 Å². The molecule has 0 atom stereocenters. The summed E-state index contributed by atoms with van der Waals surface area (Å²) in [7, 11) is 0. The van der Waals surface area contributed by atoms with E-state index in [4.69, 9.17) is 9.84 Å². The summed E-state index contributed by atoms with van der Waals surface area (Å²) in [5.41, 5.74) is 3.82. The predicted molar refractivity (Wildman–Crippen MR) is 69.4 cm³/mol. The number of carbonyl (C=O) groups is 1. The molecule has 0 fully saturated rings. The molecule has 19 heavy (non-hydrogen) atoms. The third-order valence-corrected chi connectivity index (χ3v) is 3.05. The molecule has 0 aliphatic carbocycles. The van der Waals surface area contributed by atoms with Crippen molar-refractivity contribution in [2.45, 2.75) is 13.2 Å². The Balaban J connectivity index is 1.91. The summed E-state index contributed by atoms with van der Waals surface area (Å²) in [6, 6.07) is 7.34. The molecule has 1 aromatic carbocycles. The van der Waals surface area contributed by atoms with Gasteiger partial charge in [0.15, 0.2) is 0 Å². The van der Waals surface area contributed by atoms with Crippen molar-refractivity contribution in [1.29, 1.82) is 0 Å². The molecular formula is C14H12N2O3. The van der Waals surface area contributed by atoms with Crippen LogP contribution in [-0.4, -0.2) is 16.1 Å². The number of ether oxygens (including phenoxy) is 1. The molecule has 1 aromatic heterocycles. The van der Waals surface area contributed by atoms with Crippen molar-refractivity contribution >= 4 is 17.3 Å². The van der Waals surface area contributed by atoms with Crippen molar-refractivity contribution in [2.75, 3.05) is 5.32 Å². The molecule has 96 valence electrons. The van der Waals surface area contributed by atoms with Crippen LogP contribution in [0.4, 0.5) is 11.4 Å². The third kappa shape index (κ3) is 2.28. The van der Waals surface area contributed by atoms with Gasteiger partial charge in [-0.1, -0.05) is 6.07 Å². The average Bonchev–Trinajstić information content (AvgIpc) is 2.86. The van der Waals surface area contributed by atoms with Crippen LogP contribution in [0.2, 0.25) is 0 Å². The summed E-state index contributed by atoms with van der Waals surface area (Å²) in [5.74, 6) is -0.977. The Labute approximate surface area is 109 Å². The summed E-state index contributed by atoms with van der Waals surface area (Å²) in [6.45, 7) is 1.24. The summed E-state index contributed by atoms with van der Waals surface area (Å²) in [4.78, 5) is 15.1. The van der Waals surface area contributed by atoms with Crippen LogP contribution in [0.3, 0.4) is 0 Å². The second kappa shape index (κ2) is 4.70. The van der Waals surface area contributed by atoms with Crippen LogP contribution in [-0.2, 0) is 18.0 Å². The van der Waals surface area contributed by atoms with Gasteiger partial charge >= 0.3 is 5.97 Å². The Kier molecular flexibility index (Phi) is 2.89. The highest BCUT2D eigenvalue weighted by Crippen LogP contribution is 2.26. The molecule has 1 aliphatic heterocycles. The lowest BCUT2D eigenvalue weighted by Gasteiger charge is -2.09. The Morgan fingerprint density at radius 1 is 1.26 bits per heavy atom. The van der Waals surface area contributed by atoms with Crippen LogP contribution in [0.1, 0.15) is 21.5 Å². The number of anilines is 2. The molecule has 2 heterocycles. The van der Waals surface area contributed by atoms with Crippen LogP contribution >= 0.6 is 0 Å². The molecule has 5 nitrogen and oxygen atoms in total. The fourth-order valence-electron chi connectivity index (χ4n) is 2.09. The van der Waals surface area contributed by atoms with Crippen molar-refractivity contribution in [3.8, 4) is 0 Å². The molecule has 3 rings (SSSR count). The highest BCUT2D eigenvalue weighted by molar-refractivity contribution is 5.94. The van der Waals surface area contributed by atoms with E-state index in [1.165, 1.54) is 24.0 Å². The molecule has 0 amide bonds. The number of rotatable bonds is 3. The minimum absolute atomic E-state index is 0.201. The van der Waals surface area contributed by atoms with Gasteiger partial charge in [0.1, 0.15) is 0 Å². The molecule has 0 saturated heterocycles. The van der Waals surface area contributed by atoms with E-state index in [9.17, 15) is 4.79 Å². The number of nitrogens with one attached hydrogen (secondary N) is 1. The van der Waals surface area contributed by atoms with Crippen LogP contribution < -0.4 is 5.32 Å². The van der Waals surface area contributed by atoms with E-state index in [1.54, 1.807) is 0 Å². The molecular weight excluding hydrogens is 244 g/mol. The second-order valence-corrected chi connectivity index (χ2v) is 4.33. The highest BCUT2D eigenvalue weighted by atomic mass is 16.5. The summed E-state index contributed by atoms with van der Waals surface area (Å²) < 4.78 is 5.35. The molecule has 0 spiro atoms. The Morgan fingerprint density at radius 3 is 2.95 bits per heavy atom. The van der Waals surface area contributed by atoms with Gasteiger partial charge in [-0.2, -0.15) is 0 Å². The fourth-order valence-corrected chi connectivity index (χ4v) is 2.09. The van der Waals surface area contributed by atoms with E-state index in [1.807, 2.05) is 18.2 Å². The molecule has 0 unspecified atom stereocenters. The fraction of sp³-hybridized carbons (Fsp3) is 0.143. The second-order valence-electron chi connectivity index (χ2n) is 4.33. The lowest BCUT2D eigenvalue weighted by atomic mass is 10.1. The van der Waals surface area contributed by atoms with Gasteiger partial charge in [0, 0.05) is 11.9 Å². The van der Waals surface area contributed by atoms with Gasteiger partial charge in [0.05, 0.1) is 30.7 Å². The van der Waals surface area contributed by atoms with Gasteiger partial charge in [-0.3, -0.25) is 4.98 Å². The first-order valence-electron chi connectivity index (χ1n) is 5.88. The van der Waals surface area contributed by atoms with Gasteiger partial charge in [-0.25, -0.2) is 4.79 Å². The molecule has 0 saturated carbocycles. The summed E-state index contributed by atoms with van der Waals surface area (Å²) in [5, 5.41) is 12.2.